The minimum absolute atomic E-state index is 0.258. The number of carbonyl (C=O) groups excluding carboxylic acids is 1. The summed E-state index contributed by atoms with van der Waals surface area (Å²) in [4.78, 5) is 15.9. The molecule has 1 amide bonds. The summed E-state index contributed by atoms with van der Waals surface area (Å²) in [7, 11) is 0. The smallest absolute Gasteiger partial charge is 0.271 e. The average Bonchev–Trinajstić information content (AvgIpc) is 2.89. The largest absolute Gasteiger partial charge is 0.318 e. The lowest BCUT2D eigenvalue weighted by Gasteiger charge is -2.10. The highest BCUT2D eigenvalue weighted by Gasteiger charge is 2.09. The molecule has 5 nitrogen and oxygen atoms in total. The van der Waals surface area contributed by atoms with E-state index in [9.17, 15) is 4.79 Å². The van der Waals surface area contributed by atoms with Crippen LogP contribution in [0.4, 0.5) is 0 Å². The maximum absolute atomic E-state index is 12.0. The summed E-state index contributed by atoms with van der Waals surface area (Å²) in [5.74, 6) is -0.258. The van der Waals surface area contributed by atoms with Crippen molar-refractivity contribution in [1.82, 2.24) is 15.0 Å². The summed E-state index contributed by atoms with van der Waals surface area (Å²) in [5.41, 5.74) is 8.56. The minimum Gasteiger partial charge on any atom is -0.318 e. The summed E-state index contributed by atoms with van der Waals surface area (Å²) in [6.07, 6.45) is 4.83. The molecule has 3 rings (SSSR count). The second-order valence-electron chi connectivity index (χ2n) is 5.94. The Kier molecular flexibility index (Phi) is 4.75. The molecule has 0 radical (unpaired) electrons. The van der Waals surface area contributed by atoms with Crippen LogP contribution in [0.3, 0.4) is 0 Å². The van der Waals surface area contributed by atoms with E-state index in [1.807, 2.05) is 13.0 Å². The first kappa shape index (κ1) is 16.6. The fourth-order valence-corrected chi connectivity index (χ4v) is 2.81. The molecule has 0 aliphatic carbocycles. The predicted molar refractivity (Wildman–Crippen MR) is 99.3 cm³/mol. The Balaban J connectivity index is 1.80. The zero-order valence-corrected chi connectivity index (χ0v) is 14.5. The monoisotopic (exact) mass is 332 g/mol. The summed E-state index contributed by atoms with van der Waals surface area (Å²) >= 11 is 0. The standard InChI is InChI=1S/C20H20N4O/c1-14-5-4-6-19(11-14)24-15(2)12-18(16(24)3)13-22-23-20(25)17-7-9-21-10-8-17/h4-13H,1-3H3,(H,23,25)/b22-13-. The molecule has 0 spiro atoms. The molecule has 3 aromatic rings. The van der Waals surface area contributed by atoms with Gasteiger partial charge < -0.3 is 4.57 Å². The third-order valence-electron chi connectivity index (χ3n) is 4.04. The van der Waals surface area contributed by atoms with E-state index in [4.69, 9.17) is 0 Å². The van der Waals surface area contributed by atoms with Crippen LogP contribution in [-0.2, 0) is 0 Å². The number of carbonyl (C=O) groups is 1. The lowest BCUT2D eigenvalue weighted by atomic mass is 10.2. The molecule has 0 saturated heterocycles. The fourth-order valence-electron chi connectivity index (χ4n) is 2.81. The van der Waals surface area contributed by atoms with Crippen molar-refractivity contribution in [3.05, 3.63) is 82.9 Å². The molecule has 2 heterocycles. The molecule has 25 heavy (non-hydrogen) atoms. The van der Waals surface area contributed by atoms with E-state index in [1.54, 1.807) is 30.7 Å². The molecule has 0 bridgehead atoms. The number of nitrogens with zero attached hydrogens (tertiary/aromatic N) is 3. The van der Waals surface area contributed by atoms with Gasteiger partial charge >= 0.3 is 0 Å². The van der Waals surface area contributed by atoms with Gasteiger partial charge in [-0.2, -0.15) is 5.10 Å². The van der Waals surface area contributed by atoms with Crippen molar-refractivity contribution in [3.8, 4) is 5.69 Å². The van der Waals surface area contributed by atoms with Crippen LogP contribution in [0.5, 0.6) is 0 Å². The first-order valence-corrected chi connectivity index (χ1v) is 8.05. The van der Waals surface area contributed by atoms with Gasteiger partial charge in [-0.1, -0.05) is 12.1 Å². The maximum Gasteiger partial charge on any atom is 0.271 e. The maximum atomic E-state index is 12.0. The normalized spacial score (nSPS) is 11.0. The van der Waals surface area contributed by atoms with Crippen LogP contribution in [0.1, 0.15) is 32.9 Å². The van der Waals surface area contributed by atoms with E-state index in [1.165, 1.54) is 5.56 Å². The number of aromatic nitrogens is 2. The quantitative estimate of drug-likeness (QED) is 0.586. The van der Waals surface area contributed by atoms with Crippen molar-refractivity contribution >= 4 is 12.1 Å². The number of hydrogen-bond donors (Lipinski definition) is 1. The third kappa shape index (κ3) is 3.66. The van der Waals surface area contributed by atoms with Crippen molar-refractivity contribution in [2.75, 3.05) is 0 Å². The van der Waals surface area contributed by atoms with Gasteiger partial charge in [0.1, 0.15) is 0 Å². The summed E-state index contributed by atoms with van der Waals surface area (Å²) in [5, 5.41) is 4.09. The second kappa shape index (κ2) is 7.13. The third-order valence-corrected chi connectivity index (χ3v) is 4.04. The van der Waals surface area contributed by atoms with Crippen LogP contribution < -0.4 is 5.43 Å². The van der Waals surface area contributed by atoms with E-state index >= 15 is 0 Å². The van der Waals surface area contributed by atoms with Crippen LogP contribution >= 0.6 is 0 Å². The van der Waals surface area contributed by atoms with Crippen LogP contribution in [0.2, 0.25) is 0 Å². The first-order valence-electron chi connectivity index (χ1n) is 8.05. The van der Waals surface area contributed by atoms with Gasteiger partial charge in [0.2, 0.25) is 0 Å². The summed E-state index contributed by atoms with van der Waals surface area (Å²) in [6.45, 7) is 6.18. The van der Waals surface area contributed by atoms with Gasteiger partial charge in [0, 0.05) is 40.6 Å². The highest BCUT2D eigenvalue weighted by molar-refractivity contribution is 5.94. The van der Waals surface area contributed by atoms with Gasteiger partial charge in [0.25, 0.3) is 5.91 Å². The van der Waals surface area contributed by atoms with E-state index in [0.717, 1.165) is 22.6 Å². The zero-order valence-electron chi connectivity index (χ0n) is 14.5. The molecular weight excluding hydrogens is 312 g/mol. The highest BCUT2D eigenvalue weighted by Crippen LogP contribution is 2.20. The number of aryl methyl sites for hydroxylation is 2. The SMILES string of the molecule is Cc1cccc(-n2c(C)cc(/C=N\NC(=O)c3ccncc3)c2C)c1. The number of hydrazone groups is 1. The lowest BCUT2D eigenvalue weighted by Crippen LogP contribution is -2.17. The first-order chi connectivity index (χ1) is 12.1. The summed E-state index contributed by atoms with van der Waals surface area (Å²) < 4.78 is 2.18. The van der Waals surface area contributed by atoms with Crippen molar-refractivity contribution in [2.24, 2.45) is 5.10 Å². The van der Waals surface area contributed by atoms with Crippen LogP contribution in [0.25, 0.3) is 5.69 Å². The second-order valence-corrected chi connectivity index (χ2v) is 5.94. The number of pyridine rings is 1. The Morgan fingerprint density at radius 3 is 2.60 bits per heavy atom. The van der Waals surface area contributed by atoms with Crippen LogP contribution in [0.15, 0.2) is 60.0 Å². The molecule has 2 aromatic heterocycles. The van der Waals surface area contributed by atoms with Gasteiger partial charge in [-0.3, -0.25) is 9.78 Å². The topological polar surface area (TPSA) is 59.3 Å². The van der Waals surface area contributed by atoms with E-state index in [0.29, 0.717) is 5.56 Å². The number of rotatable bonds is 4. The number of amides is 1. The highest BCUT2D eigenvalue weighted by atomic mass is 16.2. The number of benzene rings is 1. The molecule has 5 heteroatoms. The van der Waals surface area contributed by atoms with Crippen molar-refractivity contribution in [2.45, 2.75) is 20.8 Å². The Labute approximate surface area is 147 Å². The van der Waals surface area contributed by atoms with Gasteiger partial charge in [-0.05, 0) is 56.7 Å². The minimum atomic E-state index is -0.258. The molecular formula is C20H20N4O. The molecule has 0 aliphatic rings. The average molecular weight is 332 g/mol. The number of hydrogen-bond acceptors (Lipinski definition) is 3. The molecule has 0 fully saturated rings. The van der Waals surface area contributed by atoms with Crippen molar-refractivity contribution in [3.63, 3.8) is 0 Å². The fraction of sp³-hybridized carbons (Fsp3) is 0.150. The van der Waals surface area contributed by atoms with Gasteiger partial charge in [0.15, 0.2) is 0 Å². The molecule has 126 valence electrons. The molecule has 0 aliphatic heterocycles. The predicted octanol–water partition coefficient (Wildman–Crippen LogP) is 3.56. The number of nitrogens with one attached hydrogen (secondary N) is 1. The summed E-state index contributed by atoms with van der Waals surface area (Å²) in [6, 6.07) is 13.7. The zero-order chi connectivity index (χ0) is 17.8. The molecule has 0 unspecified atom stereocenters. The molecule has 0 saturated carbocycles. The van der Waals surface area contributed by atoms with E-state index in [2.05, 4.69) is 58.2 Å². The Bertz CT molecular complexity index is 926. The van der Waals surface area contributed by atoms with Gasteiger partial charge in [-0.15, -0.1) is 0 Å². The molecule has 1 aromatic carbocycles. The Morgan fingerprint density at radius 2 is 1.88 bits per heavy atom. The van der Waals surface area contributed by atoms with E-state index < -0.39 is 0 Å². The van der Waals surface area contributed by atoms with Gasteiger partial charge in [0.05, 0.1) is 6.21 Å². The Hall–Kier alpha value is -3.21. The van der Waals surface area contributed by atoms with Crippen molar-refractivity contribution in [1.29, 1.82) is 0 Å². The van der Waals surface area contributed by atoms with Crippen LogP contribution in [0, 0.1) is 20.8 Å². The van der Waals surface area contributed by atoms with E-state index in [-0.39, 0.29) is 5.91 Å². The Morgan fingerprint density at radius 1 is 1.12 bits per heavy atom. The van der Waals surface area contributed by atoms with Crippen LogP contribution in [-0.4, -0.2) is 21.7 Å². The molecule has 1 N–H and O–H groups in total. The van der Waals surface area contributed by atoms with Gasteiger partial charge in [-0.25, -0.2) is 5.43 Å². The lowest BCUT2D eigenvalue weighted by molar-refractivity contribution is 0.0955. The molecule has 0 atom stereocenters. The van der Waals surface area contributed by atoms with Crippen molar-refractivity contribution < 1.29 is 4.79 Å².